The molecule has 0 radical (unpaired) electrons. The van der Waals surface area contributed by atoms with Gasteiger partial charge in [0.1, 0.15) is 5.69 Å². The molecule has 1 aromatic carbocycles. The number of anilines is 2. The molecule has 19 heavy (non-hydrogen) atoms. The van der Waals surface area contributed by atoms with Gasteiger partial charge in [0.05, 0.1) is 11.4 Å². The Morgan fingerprint density at radius 3 is 2.74 bits per heavy atom. The van der Waals surface area contributed by atoms with E-state index in [1.54, 1.807) is 18.2 Å². The number of nitrogens with one attached hydrogen (secondary N) is 2. The summed E-state index contributed by atoms with van der Waals surface area (Å²) in [5.41, 5.74) is 4.03. The first kappa shape index (κ1) is 14.0. The topological polar surface area (TPSA) is 80.0 Å². The molecule has 5 nitrogen and oxygen atoms in total. The molecule has 1 amide bonds. The van der Waals surface area contributed by atoms with Crippen LogP contribution in [0.2, 0.25) is 0 Å². The van der Waals surface area contributed by atoms with Gasteiger partial charge >= 0.3 is 0 Å². The molecule has 4 N–H and O–H groups in total. The lowest BCUT2D eigenvalue weighted by Gasteiger charge is -2.08. The van der Waals surface area contributed by atoms with Crippen molar-refractivity contribution in [3.05, 3.63) is 51.2 Å². The number of hydrogen-bond acceptors (Lipinski definition) is 4. The van der Waals surface area contributed by atoms with Gasteiger partial charge in [0, 0.05) is 15.1 Å². The summed E-state index contributed by atoms with van der Waals surface area (Å²) in [7, 11) is 0. The summed E-state index contributed by atoms with van der Waals surface area (Å²) in [6.45, 7) is 0. The molecule has 1 heterocycles. The van der Waals surface area contributed by atoms with E-state index in [2.05, 4.69) is 47.6 Å². The molecule has 0 fully saturated rings. The van der Waals surface area contributed by atoms with E-state index in [0.717, 1.165) is 8.95 Å². The largest absolute Gasteiger partial charge is 0.324 e. The number of nitrogen functional groups attached to an aromatic ring is 1. The summed E-state index contributed by atoms with van der Waals surface area (Å²) in [6, 6.07) is 8.75. The van der Waals surface area contributed by atoms with Crippen LogP contribution in [0.15, 0.2) is 45.5 Å². The molecule has 1 aromatic heterocycles. The number of carbonyl (C=O) groups excluding carboxylic acids is 1. The summed E-state index contributed by atoms with van der Waals surface area (Å²) in [5, 5.41) is 2.77. The zero-order chi connectivity index (χ0) is 13.8. The van der Waals surface area contributed by atoms with Gasteiger partial charge in [-0.25, -0.2) is 0 Å². The highest BCUT2D eigenvalue weighted by atomic mass is 79.9. The van der Waals surface area contributed by atoms with E-state index in [4.69, 9.17) is 5.84 Å². The molecular formula is C12H10Br2N4O. The SMILES string of the molecule is NNc1ccnc(C(=O)Nc2cc(Br)ccc2Br)c1. The molecule has 98 valence electrons. The summed E-state index contributed by atoms with van der Waals surface area (Å²) >= 11 is 6.72. The first-order chi connectivity index (χ1) is 9.10. The second-order valence-corrected chi connectivity index (χ2v) is 5.42. The van der Waals surface area contributed by atoms with E-state index >= 15 is 0 Å². The lowest BCUT2D eigenvalue weighted by atomic mass is 10.2. The maximum absolute atomic E-state index is 12.1. The summed E-state index contributed by atoms with van der Waals surface area (Å²) in [6.07, 6.45) is 1.51. The summed E-state index contributed by atoms with van der Waals surface area (Å²) < 4.78 is 1.66. The number of rotatable bonds is 3. The van der Waals surface area contributed by atoms with E-state index < -0.39 is 0 Å². The quantitative estimate of drug-likeness (QED) is 0.560. The van der Waals surface area contributed by atoms with E-state index in [9.17, 15) is 4.79 Å². The van der Waals surface area contributed by atoms with Crippen molar-refractivity contribution in [3.8, 4) is 0 Å². The molecule has 0 aliphatic carbocycles. The number of nitrogens with two attached hydrogens (primary N) is 1. The average molecular weight is 386 g/mol. The van der Waals surface area contributed by atoms with Crippen LogP contribution in [0.25, 0.3) is 0 Å². The van der Waals surface area contributed by atoms with Crippen LogP contribution in [-0.2, 0) is 0 Å². The van der Waals surface area contributed by atoms with Gasteiger partial charge < -0.3 is 10.7 Å². The highest BCUT2D eigenvalue weighted by Gasteiger charge is 2.10. The zero-order valence-electron chi connectivity index (χ0n) is 9.65. The number of benzene rings is 1. The number of halogens is 2. The molecule has 0 aliphatic rings. The van der Waals surface area contributed by atoms with Crippen LogP contribution >= 0.6 is 31.9 Å². The van der Waals surface area contributed by atoms with Gasteiger partial charge in [-0.05, 0) is 46.3 Å². The first-order valence-corrected chi connectivity index (χ1v) is 6.88. The second-order valence-electron chi connectivity index (χ2n) is 3.65. The first-order valence-electron chi connectivity index (χ1n) is 5.29. The number of nitrogens with zero attached hydrogens (tertiary/aromatic N) is 1. The highest BCUT2D eigenvalue weighted by Crippen LogP contribution is 2.26. The fraction of sp³-hybridized carbons (Fsp3) is 0. The Balaban J connectivity index is 2.22. The van der Waals surface area contributed by atoms with Crippen molar-refractivity contribution in [3.63, 3.8) is 0 Å². The molecule has 0 bridgehead atoms. The summed E-state index contributed by atoms with van der Waals surface area (Å²) in [5.74, 6) is 4.98. The Morgan fingerprint density at radius 2 is 2.00 bits per heavy atom. The van der Waals surface area contributed by atoms with Crippen molar-refractivity contribution in [1.29, 1.82) is 0 Å². The van der Waals surface area contributed by atoms with Crippen LogP contribution in [0.3, 0.4) is 0 Å². The minimum atomic E-state index is -0.309. The molecule has 0 spiro atoms. The van der Waals surface area contributed by atoms with E-state index in [1.807, 2.05) is 12.1 Å². The van der Waals surface area contributed by atoms with Crippen molar-refractivity contribution in [2.24, 2.45) is 5.84 Å². The van der Waals surface area contributed by atoms with Gasteiger partial charge in [-0.3, -0.25) is 15.6 Å². The molecular weight excluding hydrogens is 376 g/mol. The standard InChI is InChI=1S/C12H10Br2N4O/c13-7-1-2-9(14)10(5-7)17-12(19)11-6-8(18-15)3-4-16-11/h1-6H,15H2,(H,16,18)(H,17,19). The van der Waals surface area contributed by atoms with Gasteiger partial charge in [0.2, 0.25) is 0 Å². The smallest absolute Gasteiger partial charge is 0.274 e. The Bertz CT molecular complexity index is 618. The van der Waals surface area contributed by atoms with Gasteiger partial charge in [-0.1, -0.05) is 15.9 Å². The van der Waals surface area contributed by atoms with Crippen molar-refractivity contribution in [2.45, 2.75) is 0 Å². The second kappa shape index (κ2) is 6.14. The Hall–Kier alpha value is -1.44. The maximum Gasteiger partial charge on any atom is 0.274 e. The van der Waals surface area contributed by atoms with Crippen molar-refractivity contribution in [1.82, 2.24) is 4.98 Å². The lowest BCUT2D eigenvalue weighted by molar-refractivity contribution is 0.102. The molecule has 7 heteroatoms. The van der Waals surface area contributed by atoms with Gasteiger partial charge in [0.25, 0.3) is 5.91 Å². The Morgan fingerprint density at radius 1 is 1.21 bits per heavy atom. The average Bonchev–Trinajstić information content (AvgIpc) is 2.43. The molecule has 2 aromatic rings. The van der Waals surface area contributed by atoms with E-state index in [1.165, 1.54) is 6.20 Å². The minimum Gasteiger partial charge on any atom is -0.324 e. The third-order valence-corrected chi connectivity index (χ3v) is 3.52. The number of pyridine rings is 1. The minimum absolute atomic E-state index is 0.280. The number of hydrazine groups is 1. The highest BCUT2D eigenvalue weighted by molar-refractivity contribution is 9.11. The third kappa shape index (κ3) is 3.52. The predicted molar refractivity (Wildman–Crippen MR) is 81.8 cm³/mol. The van der Waals surface area contributed by atoms with Crippen molar-refractivity contribution < 1.29 is 4.79 Å². The number of aromatic nitrogens is 1. The lowest BCUT2D eigenvalue weighted by Crippen LogP contribution is -2.15. The van der Waals surface area contributed by atoms with Crippen LogP contribution in [0, 0.1) is 0 Å². The van der Waals surface area contributed by atoms with Gasteiger partial charge in [0.15, 0.2) is 0 Å². The molecule has 0 atom stereocenters. The third-order valence-electron chi connectivity index (χ3n) is 2.34. The van der Waals surface area contributed by atoms with Gasteiger partial charge in [-0.2, -0.15) is 0 Å². The van der Waals surface area contributed by atoms with Crippen LogP contribution < -0.4 is 16.6 Å². The van der Waals surface area contributed by atoms with E-state index in [0.29, 0.717) is 11.4 Å². The molecule has 0 saturated heterocycles. The van der Waals surface area contributed by atoms with E-state index in [-0.39, 0.29) is 11.6 Å². The fourth-order valence-corrected chi connectivity index (χ4v) is 2.13. The Labute approximate surface area is 126 Å². The van der Waals surface area contributed by atoms with Crippen LogP contribution in [0.4, 0.5) is 11.4 Å². The monoisotopic (exact) mass is 384 g/mol. The number of amides is 1. The van der Waals surface area contributed by atoms with Crippen molar-refractivity contribution in [2.75, 3.05) is 10.7 Å². The van der Waals surface area contributed by atoms with Crippen LogP contribution in [0.1, 0.15) is 10.5 Å². The molecule has 0 aliphatic heterocycles. The Kier molecular flexibility index (Phi) is 4.52. The van der Waals surface area contributed by atoms with Gasteiger partial charge in [-0.15, -0.1) is 0 Å². The van der Waals surface area contributed by atoms with Crippen LogP contribution in [-0.4, -0.2) is 10.9 Å². The fourth-order valence-electron chi connectivity index (χ4n) is 1.42. The number of hydrogen-bond donors (Lipinski definition) is 3. The number of carbonyl (C=O) groups is 1. The normalized spacial score (nSPS) is 10.1. The molecule has 2 rings (SSSR count). The predicted octanol–water partition coefficient (Wildman–Crippen LogP) is 3.14. The molecule has 0 unspecified atom stereocenters. The molecule has 0 saturated carbocycles. The van der Waals surface area contributed by atoms with Crippen LogP contribution in [0.5, 0.6) is 0 Å². The summed E-state index contributed by atoms with van der Waals surface area (Å²) in [4.78, 5) is 16.1. The maximum atomic E-state index is 12.1. The zero-order valence-corrected chi connectivity index (χ0v) is 12.8. The van der Waals surface area contributed by atoms with Crippen molar-refractivity contribution >= 4 is 49.1 Å².